The van der Waals surface area contributed by atoms with E-state index in [-0.39, 0.29) is 19.1 Å². The number of aliphatic hydroxyl groups is 2. The number of carbonyl (C=O) groups excluding carboxylic acids is 1. The van der Waals surface area contributed by atoms with Gasteiger partial charge in [0.15, 0.2) is 0 Å². The van der Waals surface area contributed by atoms with Crippen LogP contribution in [0.25, 0.3) is 0 Å². The summed E-state index contributed by atoms with van der Waals surface area (Å²) < 4.78 is 0. The second kappa shape index (κ2) is 9.89. The molecule has 2 aliphatic carbocycles. The molecule has 2 aliphatic rings. The fraction of sp³-hybridized carbons (Fsp3) is 0.950. The van der Waals surface area contributed by atoms with Crippen molar-refractivity contribution in [3.05, 3.63) is 0 Å². The van der Waals surface area contributed by atoms with E-state index in [0.717, 1.165) is 25.7 Å². The molecule has 0 bridgehead atoms. The Morgan fingerprint density at radius 1 is 0.920 bits per heavy atom. The van der Waals surface area contributed by atoms with E-state index >= 15 is 0 Å². The Hall–Kier alpha value is -0.650. The first-order valence-corrected chi connectivity index (χ1v) is 10.2. The third-order valence-electron chi connectivity index (χ3n) is 6.04. The van der Waals surface area contributed by atoms with Crippen molar-refractivity contribution in [2.75, 3.05) is 33.4 Å². The van der Waals surface area contributed by atoms with E-state index < -0.39 is 5.41 Å². The molecule has 2 fully saturated rings. The van der Waals surface area contributed by atoms with Crippen molar-refractivity contribution in [2.24, 2.45) is 5.41 Å². The molecule has 1 amide bonds. The maximum atomic E-state index is 13.2. The van der Waals surface area contributed by atoms with E-state index in [1.165, 1.54) is 38.5 Å². The quantitative estimate of drug-likeness (QED) is 0.703. The smallest absolute Gasteiger partial charge is 0.237 e. The summed E-state index contributed by atoms with van der Waals surface area (Å²) in [5, 5.41) is 19.0. The fourth-order valence-corrected chi connectivity index (χ4v) is 4.59. The van der Waals surface area contributed by atoms with Crippen LogP contribution < -0.4 is 0 Å². The van der Waals surface area contributed by atoms with Gasteiger partial charge in [-0.2, -0.15) is 0 Å². The third kappa shape index (κ3) is 5.93. The van der Waals surface area contributed by atoms with Gasteiger partial charge in [0.1, 0.15) is 0 Å². The first kappa shape index (κ1) is 20.7. The highest BCUT2D eigenvalue weighted by molar-refractivity contribution is 5.79. The number of aliphatic hydroxyl groups excluding tert-OH is 2. The van der Waals surface area contributed by atoms with Crippen LogP contribution in [0, 0.1) is 5.41 Å². The number of hydrogen-bond donors (Lipinski definition) is 2. The van der Waals surface area contributed by atoms with Gasteiger partial charge in [-0.05, 0) is 32.7 Å². The van der Waals surface area contributed by atoms with Gasteiger partial charge in [-0.25, -0.2) is 0 Å². The summed E-state index contributed by atoms with van der Waals surface area (Å²) in [6, 6.07) is 0.833. The van der Waals surface area contributed by atoms with Crippen LogP contribution >= 0.6 is 0 Å². The Morgan fingerprint density at radius 2 is 1.36 bits per heavy atom. The zero-order valence-corrected chi connectivity index (χ0v) is 16.3. The van der Waals surface area contributed by atoms with E-state index in [1.54, 1.807) is 0 Å². The van der Waals surface area contributed by atoms with Gasteiger partial charge in [0.25, 0.3) is 0 Å². The van der Waals surface area contributed by atoms with E-state index in [9.17, 15) is 15.0 Å². The molecule has 0 aromatic rings. The molecule has 0 aliphatic heterocycles. The second-order valence-electron chi connectivity index (χ2n) is 8.68. The van der Waals surface area contributed by atoms with Gasteiger partial charge in [-0.1, -0.05) is 45.4 Å². The molecule has 0 aromatic heterocycles. The zero-order chi connectivity index (χ0) is 18.3. The van der Waals surface area contributed by atoms with Crippen LogP contribution in [0.3, 0.4) is 0 Å². The fourth-order valence-electron chi connectivity index (χ4n) is 4.59. The van der Waals surface area contributed by atoms with Crippen molar-refractivity contribution >= 4 is 5.91 Å². The van der Waals surface area contributed by atoms with Crippen LogP contribution in [0.2, 0.25) is 0 Å². The zero-order valence-electron chi connectivity index (χ0n) is 16.3. The van der Waals surface area contributed by atoms with Crippen LogP contribution in [0.1, 0.15) is 71.1 Å². The number of likely N-dealkylation sites (N-methyl/N-ethyl adjacent to an activating group) is 1. The van der Waals surface area contributed by atoms with Crippen molar-refractivity contribution in [1.29, 1.82) is 0 Å². The topological polar surface area (TPSA) is 64.0 Å². The molecule has 146 valence electrons. The lowest BCUT2D eigenvalue weighted by atomic mass is 9.88. The standard InChI is InChI=1S/C20H38N2O3/c1-20(15-23,16-24)14-21(2)13-19(25)22(17-9-5-3-6-10-17)18-11-7-4-8-12-18/h17-18,23-24H,3-16H2,1-2H3. The number of rotatable bonds is 8. The molecule has 0 atom stereocenters. The third-order valence-corrected chi connectivity index (χ3v) is 6.04. The molecule has 2 saturated carbocycles. The molecule has 2 N–H and O–H groups in total. The summed E-state index contributed by atoms with van der Waals surface area (Å²) in [6.45, 7) is 2.61. The van der Waals surface area contributed by atoms with E-state index in [4.69, 9.17) is 0 Å². The molecule has 0 heterocycles. The minimum absolute atomic E-state index is 0.0724. The maximum Gasteiger partial charge on any atom is 0.237 e. The van der Waals surface area contributed by atoms with Crippen LogP contribution in [-0.4, -0.2) is 71.4 Å². The molecular weight excluding hydrogens is 316 g/mol. The number of carbonyl (C=O) groups is 1. The Labute approximate surface area is 153 Å². The Kier molecular flexibility index (Phi) is 8.17. The van der Waals surface area contributed by atoms with Crippen LogP contribution in [0.5, 0.6) is 0 Å². The largest absolute Gasteiger partial charge is 0.396 e. The van der Waals surface area contributed by atoms with Crippen molar-refractivity contribution in [3.8, 4) is 0 Å². The van der Waals surface area contributed by atoms with Crippen LogP contribution in [0.4, 0.5) is 0 Å². The SMILES string of the molecule is CN(CC(=O)N(C1CCCCC1)C1CCCCC1)CC(C)(CO)CO. The highest BCUT2D eigenvalue weighted by Gasteiger charge is 2.33. The molecule has 0 unspecified atom stereocenters. The molecule has 0 radical (unpaired) electrons. The summed E-state index contributed by atoms with van der Waals surface area (Å²) in [5.41, 5.74) is -0.560. The second-order valence-corrected chi connectivity index (χ2v) is 8.68. The number of hydrogen-bond acceptors (Lipinski definition) is 4. The van der Waals surface area contributed by atoms with E-state index in [2.05, 4.69) is 4.90 Å². The maximum absolute atomic E-state index is 13.2. The lowest BCUT2D eigenvalue weighted by Gasteiger charge is -2.42. The summed E-state index contributed by atoms with van der Waals surface area (Å²) in [4.78, 5) is 17.4. The van der Waals surface area contributed by atoms with Gasteiger partial charge in [-0.3, -0.25) is 9.69 Å². The van der Waals surface area contributed by atoms with Crippen molar-refractivity contribution in [2.45, 2.75) is 83.2 Å². The monoisotopic (exact) mass is 354 g/mol. The van der Waals surface area contributed by atoms with Gasteiger partial charge < -0.3 is 15.1 Å². The molecule has 5 heteroatoms. The summed E-state index contributed by atoms with van der Waals surface area (Å²) in [7, 11) is 1.92. The van der Waals surface area contributed by atoms with E-state index in [0.29, 0.717) is 25.2 Å². The summed E-state index contributed by atoms with van der Waals surface area (Å²) in [5.74, 6) is 0.236. The van der Waals surface area contributed by atoms with E-state index in [1.807, 2.05) is 18.9 Å². The van der Waals surface area contributed by atoms with Crippen molar-refractivity contribution in [3.63, 3.8) is 0 Å². The molecule has 5 nitrogen and oxygen atoms in total. The average molecular weight is 355 g/mol. The van der Waals surface area contributed by atoms with Gasteiger partial charge in [0.2, 0.25) is 5.91 Å². The summed E-state index contributed by atoms with van der Waals surface area (Å²) in [6.07, 6.45) is 12.2. The molecule has 0 spiro atoms. The summed E-state index contributed by atoms with van der Waals surface area (Å²) >= 11 is 0. The van der Waals surface area contributed by atoms with Gasteiger partial charge in [0, 0.05) is 24.0 Å². The highest BCUT2D eigenvalue weighted by atomic mass is 16.3. The normalized spacial score (nSPS) is 20.8. The first-order valence-electron chi connectivity index (χ1n) is 10.2. The predicted molar refractivity (Wildman–Crippen MR) is 100 cm³/mol. The Morgan fingerprint density at radius 3 is 1.76 bits per heavy atom. The van der Waals surface area contributed by atoms with Crippen LogP contribution in [-0.2, 0) is 4.79 Å². The average Bonchev–Trinajstić information content (AvgIpc) is 2.63. The minimum atomic E-state index is -0.560. The van der Waals surface area contributed by atoms with Crippen molar-refractivity contribution < 1.29 is 15.0 Å². The Bertz CT molecular complexity index is 382. The van der Waals surface area contributed by atoms with Gasteiger partial charge in [0.05, 0.1) is 19.8 Å². The van der Waals surface area contributed by atoms with Crippen LogP contribution in [0.15, 0.2) is 0 Å². The molecule has 0 aromatic carbocycles. The molecule has 0 saturated heterocycles. The molecule has 25 heavy (non-hydrogen) atoms. The highest BCUT2D eigenvalue weighted by Crippen LogP contribution is 2.30. The lowest BCUT2D eigenvalue weighted by molar-refractivity contribution is -0.139. The van der Waals surface area contributed by atoms with Crippen molar-refractivity contribution in [1.82, 2.24) is 9.80 Å². The minimum Gasteiger partial charge on any atom is -0.396 e. The lowest BCUT2D eigenvalue weighted by Crippen LogP contribution is -2.52. The van der Waals surface area contributed by atoms with Gasteiger partial charge >= 0.3 is 0 Å². The number of amides is 1. The molecule has 2 rings (SSSR count). The predicted octanol–water partition coefficient (Wildman–Crippen LogP) is 2.40. The first-order chi connectivity index (χ1) is 12.0. The number of nitrogens with zero attached hydrogens (tertiary/aromatic N) is 2. The van der Waals surface area contributed by atoms with Gasteiger partial charge in [-0.15, -0.1) is 0 Å². The molecular formula is C20H38N2O3. The Balaban J connectivity index is 2.01.